The Kier molecular flexibility index (Phi) is 4.84. The van der Waals surface area contributed by atoms with Gasteiger partial charge in [-0.3, -0.25) is 4.79 Å². The zero-order chi connectivity index (χ0) is 17.9. The van der Waals surface area contributed by atoms with Crippen LogP contribution in [0.2, 0.25) is 0 Å². The predicted octanol–water partition coefficient (Wildman–Crippen LogP) is 4.31. The zero-order valence-electron chi connectivity index (χ0n) is 14.6. The Morgan fingerprint density at radius 1 is 1.31 bits per heavy atom. The normalized spacial score (nSPS) is 15.0. The topological polar surface area (TPSA) is 68.0 Å². The quantitative estimate of drug-likeness (QED) is 0.676. The van der Waals surface area contributed by atoms with Crippen molar-refractivity contribution in [1.29, 1.82) is 0 Å². The molecule has 6 heteroatoms. The Hall–Kier alpha value is -2.47. The molecule has 0 spiro atoms. The number of rotatable bonds is 7. The molecule has 1 N–H and O–H groups in total. The van der Waals surface area contributed by atoms with E-state index in [1.54, 1.807) is 11.3 Å². The molecule has 3 aromatic rings. The average molecular weight is 367 g/mol. The molecule has 0 saturated heterocycles. The number of amides is 1. The van der Waals surface area contributed by atoms with Gasteiger partial charge in [-0.2, -0.15) is 16.3 Å². The Morgan fingerprint density at radius 2 is 2.12 bits per heavy atom. The van der Waals surface area contributed by atoms with Crippen LogP contribution in [0.4, 0.5) is 0 Å². The third-order valence-corrected chi connectivity index (χ3v) is 5.34. The molecule has 134 valence electrons. The summed E-state index contributed by atoms with van der Waals surface area (Å²) in [5, 5.41) is 11.1. The molecule has 1 unspecified atom stereocenters. The van der Waals surface area contributed by atoms with Gasteiger partial charge in [0.25, 0.3) is 0 Å². The SMILES string of the molecule is Cc1ccc(C(NC(=O)CCc2nc(-c3ccsc3)no2)C2CC2)cc1. The minimum Gasteiger partial charge on any atom is -0.349 e. The Balaban J connectivity index is 1.35. The van der Waals surface area contributed by atoms with Crippen LogP contribution in [0.25, 0.3) is 11.4 Å². The number of aryl methyl sites for hydroxylation is 2. The maximum Gasteiger partial charge on any atom is 0.227 e. The molecule has 2 heterocycles. The minimum atomic E-state index is 0.0257. The summed E-state index contributed by atoms with van der Waals surface area (Å²) in [6.45, 7) is 2.07. The summed E-state index contributed by atoms with van der Waals surface area (Å²) in [6.07, 6.45) is 3.15. The Labute approximate surface area is 156 Å². The third-order valence-electron chi connectivity index (χ3n) is 4.66. The molecule has 1 aliphatic carbocycles. The number of carbonyl (C=O) groups is 1. The minimum absolute atomic E-state index is 0.0257. The van der Waals surface area contributed by atoms with Gasteiger partial charge < -0.3 is 9.84 Å². The molecular formula is C20H21N3O2S. The highest BCUT2D eigenvalue weighted by molar-refractivity contribution is 7.08. The number of carbonyl (C=O) groups excluding carboxylic acids is 1. The molecule has 0 radical (unpaired) electrons. The largest absolute Gasteiger partial charge is 0.349 e. The van der Waals surface area contributed by atoms with Gasteiger partial charge in [-0.15, -0.1) is 0 Å². The maximum absolute atomic E-state index is 12.4. The monoisotopic (exact) mass is 367 g/mol. The van der Waals surface area contributed by atoms with Crippen LogP contribution in [0.3, 0.4) is 0 Å². The van der Waals surface area contributed by atoms with E-state index < -0.39 is 0 Å². The molecule has 26 heavy (non-hydrogen) atoms. The summed E-state index contributed by atoms with van der Waals surface area (Å²) >= 11 is 1.59. The summed E-state index contributed by atoms with van der Waals surface area (Å²) in [7, 11) is 0. The first-order valence-electron chi connectivity index (χ1n) is 8.90. The second-order valence-electron chi connectivity index (χ2n) is 6.82. The molecular weight excluding hydrogens is 346 g/mol. The number of aromatic nitrogens is 2. The standard InChI is InChI=1S/C20H21N3O2S/c1-13-2-4-14(5-3-13)19(15-6-7-15)21-17(24)8-9-18-22-20(23-25-18)16-10-11-26-12-16/h2-5,10-12,15,19H,6-9H2,1H3,(H,21,24). The number of hydrogen-bond donors (Lipinski definition) is 1. The molecule has 1 atom stereocenters. The van der Waals surface area contributed by atoms with Crippen LogP contribution in [0.5, 0.6) is 0 Å². The highest BCUT2D eigenvalue weighted by Gasteiger charge is 2.33. The smallest absolute Gasteiger partial charge is 0.227 e. The summed E-state index contributed by atoms with van der Waals surface area (Å²) < 4.78 is 5.26. The van der Waals surface area contributed by atoms with E-state index in [0.29, 0.717) is 30.5 Å². The van der Waals surface area contributed by atoms with Crippen LogP contribution in [-0.4, -0.2) is 16.0 Å². The molecule has 2 aromatic heterocycles. The van der Waals surface area contributed by atoms with Gasteiger partial charge in [0.05, 0.1) is 6.04 Å². The molecule has 4 rings (SSSR count). The van der Waals surface area contributed by atoms with E-state index >= 15 is 0 Å². The van der Waals surface area contributed by atoms with E-state index in [4.69, 9.17) is 4.52 Å². The van der Waals surface area contributed by atoms with Crippen molar-refractivity contribution in [3.05, 3.63) is 58.1 Å². The van der Waals surface area contributed by atoms with Crippen molar-refractivity contribution in [2.75, 3.05) is 0 Å². The van der Waals surface area contributed by atoms with Crippen LogP contribution in [0.1, 0.15) is 42.3 Å². The molecule has 1 aromatic carbocycles. The van der Waals surface area contributed by atoms with Gasteiger partial charge in [-0.25, -0.2) is 0 Å². The van der Waals surface area contributed by atoms with Gasteiger partial charge in [0, 0.05) is 23.8 Å². The lowest BCUT2D eigenvalue weighted by Gasteiger charge is -2.19. The first-order valence-corrected chi connectivity index (χ1v) is 9.84. The molecule has 1 fully saturated rings. The fourth-order valence-corrected chi connectivity index (χ4v) is 3.64. The van der Waals surface area contributed by atoms with Crippen molar-refractivity contribution >= 4 is 17.2 Å². The fraction of sp³-hybridized carbons (Fsp3) is 0.350. The Bertz CT molecular complexity index is 867. The first kappa shape index (κ1) is 17.0. The van der Waals surface area contributed by atoms with Gasteiger partial charge in [0.2, 0.25) is 17.6 Å². The van der Waals surface area contributed by atoms with Crippen LogP contribution < -0.4 is 5.32 Å². The van der Waals surface area contributed by atoms with E-state index in [0.717, 1.165) is 5.56 Å². The maximum atomic E-state index is 12.4. The van der Waals surface area contributed by atoms with E-state index in [2.05, 4.69) is 46.6 Å². The summed E-state index contributed by atoms with van der Waals surface area (Å²) in [5.41, 5.74) is 3.36. The third kappa shape index (κ3) is 4.02. The van der Waals surface area contributed by atoms with Gasteiger partial charge in [0.1, 0.15) is 0 Å². The number of thiophene rings is 1. The van der Waals surface area contributed by atoms with Crippen LogP contribution in [-0.2, 0) is 11.2 Å². The summed E-state index contributed by atoms with van der Waals surface area (Å²) in [5.74, 6) is 1.66. The van der Waals surface area contributed by atoms with Crippen LogP contribution in [0.15, 0.2) is 45.6 Å². The van der Waals surface area contributed by atoms with Gasteiger partial charge in [0.15, 0.2) is 0 Å². The van der Waals surface area contributed by atoms with Gasteiger partial charge in [-0.1, -0.05) is 35.0 Å². The number of hydrogen-bond acceptors (Lipinski definition) is 5. The molecule has 1 aliphatic rings. The molecule has 0 aliphatic heterocycles. The van der Waals surface area contributed by atoms with Crippen molar-refractivity contribution in [2.45, 2.75) is 38.6 Å². The van der Waals surface area contributed by atoms with E-state index in [1.165, 1.54) is 24.0 Å². The second kappa shape index (κ2) is 7.41. The van der Waals surface area contributed by atoms with Crippen molar-refractivity contribution < 1.29 is 9.32 Å². The number of nitrogens with one attached hydrogen (secondary N) is 1. The van der Waals surface area contributed by atoms with E-state index in [1.807, 2.05) is 16.8 Å². The first-order chi connectivity index (χ1) is 12.7. The van der Waals surface area contributed by atoms with E-state index in [9.17, 15) is 4.79 Å². The van der Waals surface area contributed by atoms with Crippen LogP contribution in [0, 0.1) is 12.8 Å². The molecule has 1 amide bonds. The average Bonchev–Trinajstić information content (AvgIpc) is 3.14. The Morgan fingerprint density at radius 3 is 2.81 bits per heavy atom. The van der Waals surface area contributed by atoms with Crippen LogP contribution >= 0.6 is 11.3 Å². The van der Waals surface area contributed by atoms with Crippen molar-refractivity contribution in [3.8, 4) is 11.4 Å². The fourth-order valence-electron chi connectivity index (χ4n) is 3.01. The van der Waals surface area contributed by atoms with Crippen molar-refractivity contribution in [3.63, 3.8) is 0 Å². The van der Waals surface area contributed by atoms with Crippen molar-refractivity contribution in [2.24, 2.45) is 5.92 Å². The van der Waals surface area contributed by atoms with Gasteiger partial charge >= 0.3 is 0 Å². The number of benzene rings is 1. The molecule has 1 saturated carbocycles. The highest BCUT2D eigenvalue weighted by Crippen LogP contribution is 2.41. The van der Waals surface area contributed by atoms with Gasteiger partial charge in [-0.05, 0) is 42.7 Å². The van der Waals surface area contributed by atoms with Crippen molar-refractivity contribution in [1.82, 2.24) is 15.5 Å². The summed E-state index contributed by atoms with van der Waals surface area (Å²) in [6, 6.07) is 10.5. The highest BCUT2D eigenvalue weighted by atomic mass is 32.1. The summed E-state index contributed by atoms with van der Waals surface area (Å²) in [4.78, 5) is 16.8. The zero-order valence-corrected chi connectivity index (χ0v) is 15.5. The predicted molar refractivity (Wildman–Crippen MR) is 101 cm³/mol. The van der Waals surface area contributed by atoms with E-state index in [-0.39, 0.29) is 11.9 Å². The number of nitrogens with zero attached hydrogens (tertiary/aromatic N) is 2. The lowest BCUT2D eigenvalue weighted by atomic mass is 10.0. The second-order valence-corrected chi connectivity index (χ2v) is 7.60. The molecule has 5 nitrogen and oxygen atoms in total. The molecule has 0 bridgehead atoms. The lowest BCUT2D eigenvalue weighted by molar-refractivity contribution is -0.122. The lowest BCUT2D eigenvalue weighted by Crippen LogP contribution is -2.30.